The lowest BCUT2D eigenvalue weighted by atomic mass is 9.99. The van der Waals surface area contributed by atoms with Gasteiger partial charge in [0, 0.05) is 18.7 Å². The maximum Gasteiger partial charge on any atom is 0.310 e. The number of likely N-dealkylation sites (tertiary alicyclic amines) is 1. The number of carboxylic acid groups (broad SMARTS) is 1. The van der Waals surface area contributed by atoms with Crippen molar-refractivity contribution in [2.45, 2.75) is 0 Å². The highest BCUT2D eigenvalue weighted by molar-refractivity contribution is 6.32. The van der Waals surface area contributed by atoms with Gasteiger partial charge in [-0.15, -0.1) is 0 Å². The van der Waals surface area contributed by atoms with Crippen molar-refractivity contribution >= 4 is 23.5 Å². The van der Waals surface area contributed by atoms with Crippen molar-refractivity contribution < 1.29 is 24.2 Å². The lowest BCUT2D eigenvalue weighted by Crippen LogP contribution is -2.53. The maximum atomic E-state index is 12.2. The number of amides is 1. The molecule has 6 nitrogen and oxygen atoms in total. The average Bonchev–Trinajstić information content (AvgIpc) is 2.35. The van der Waals surface area contributed by atoms with Gasteiger partial charge in [0.2, 0.25) is 0 Å². The van der Waals surface area contributed by atoms with Crippen LogP contribution in [0.2, 0.25) is 5.02 Å². The van der Waals surface area contributed by atoms with Crippen LogP contribution in [0.3, 0.4) is 0 Å². The van der Waals surface area contributed by atoms with Crippen molar-refractivity contribution in [3.05, 3.63) is 22.7 Å². The number of hydrogen-bond acceptors (Lipinski definition) is 4. The van der Waals surface area contributed by atoms with E-state index in [2.05, 4.69) is 0 Å². The third kappa shape index (κ3) is 2.51. The molecule has 0 unspecified atom stereocenters. The molecule has 1 aromatic carbocycles. The van der Waals surface area contributed by atoms with Gasteiger partial charge >= 0.3 is 5.97 Å². The van der Waals surface area contributed by atoms with E-state index >= 15 is 0 Å². The second-order valence-corrected chi connectivity index (χ2v) is 4.85. The smallest absolute Gasteiger partial charge is 0.310 e. The Labute approximate surface area is 120 Å². The van der Waals surface area contributed by atoms with Crippen LogP contribution in [0.4, 0.5) is 0 Å². The van der Waals surface area contributed by atoms with Gasteiger partial charge in [-0.25, -0.2) is 0 Å². The van der Waals surface area contributed by atoms with E-state index in [0.29, 0.717) is 17.1 Å². The maximum absolute atomic E-state index is 12.2. The summed E-state index contributed by atoms with van der Waals surface area (Å²) in [7, 11) is 2.91. The van der Waals surface area contributed by atoms with Gasteiger partial charge in [-0.05, 0) is 12.1 Å². The number of aliphatic carboxylic acids is 1. The lowest BCUT2D eigenvalue weighted by molar-refractivity contribution is -0.146. The summed E-state index contributed by atoms with van der Waals surface area (Å²) in [4.78, 5) is 24.4. The van der Waals surface area contributed by atoms with Crippen molar-refractivity contribution in [2.24, 2.45) is 5.92 Å². The molecule has 0 aromatic heterocycles. The van der Waals surface area contributed by atoms with Gasteiger partial charge in [0.25, 0.3) is 5.91 Å². The highest BCUT2D eigenvalue weighted by Gasteiger charge is 2.36. The van der Waals surface area contributed by atoms with Crippen LogP contribution < -0.4 is 9.47 Å². The van der Waals surface area contributed by atoms with Crippen LogP contribution in [0, 0.1) is 5.92 Å². The first-order valence-electron chi connectivity index (χ1n) is 5.91. The summed E-state index contributed by atoms with van der Waals surface area (Å²) in [6, 6.07) is 3.01. The fourth-order valence-corrected chi connectivity index (χ4v) is 2.31. The molecule has 0 aliphatic carbocycles. The Bertz CT molecular complexity index is 554. The quantitative estimate of drug-likeness (QED) is 0.912. The van der Waals surface area contributed by atoms with Crippen LogP contribution in [0.25, 0.3) is 0 Å². The van der Waals surface area contributed by atoms with Gasteiger partial charge in [0.1, 0.15) is 0 Å². The first-order chi connectivity index (χ1) is 9.47. The molecule has 108 valence electrons. The van der Waals surface area contributed by atoms with Crippen LogP contribution in [0.1, 0.15) is 10.4 Å². The van der Waals surface area contributed by atoms with E-state index in [9.17, 15) is 9.59 Å². The van der Waals surface area contributed by atoms with Crippen molar-refractivity contribution in [2.75, 3.05) is 27.3 Å². The monoisotopic (exact) mass is 299 g/mol. The van der Waals surface area contributed by atoms with Crippen LogP contribution in [-0.2, 0) is 4.79 Å². The Morgan fingerprint density at radius 2 is 1.95 bits per heavy atom. The number of carbonyl (C=O) groups is 2. The summed E-state index contributed by atoms with van der Waals surface area (Å²) in [6.07, 6.45) is 0. The fourth-order valence-electron chi connectivity index (χ4n) is 2.02. The molecule has 0 bridgehead atoms. The highest BCUT2D eigenvalue weighted by atomic mass is 35.5. The van der Waals surface area contributed by atoms with Crippen LogP contribution in [0.5, 0.6) is 11.5 Å². The fraction of sp³-hybridized carbons (Fsp3) is 0.385. The summed E-state index contributed by atoms with van der Waals surface area (Å²) in [5.74, 6) is -0.935. The first kappa shape index (κ1) is 14.5. The molecule has 1 aliphatic heterocycles. The van der Waals surface area contributed by atoms with Crippen molar-refractivity contribution in [1.82, 2.24) is 4.90 Å². The normalized spacial score (nSPS) is 14.7. The molecule has 1 aromatic rings. The summed E-state index contributed by atoms with van der Waals surface area (Å²) < 4.78 is 10.2. The zero-order chi connectivity index (χ0) is 14.9. The molecule has 1 aliphatic rings. The summed E-state index contributed by atoms with van der Waals surface area (Å²) >= 11 is 6.03. The Balaban J connectivity index is 2.19. The van der Waals surface area contributed by atoms with Gasteiger partial charge in [-0.3, -0.25) is 9.59 Å². The Morgan fingerprint density at radius 1 is 1.30 bits per heavy atom. The molecule has 0 atom stereocenters. The van der Waals surface area contributed by atoms with Gasteiger partial charge in [-0.1, -0.05) is 11.6 Å². The standard InChI is InChI=1S/C13H14ClNO5/c1-19-10-4-7(3-9(14)11(10)20-2)12(16)15-5-8(6-15)13(17)18/h3-4,8H,5-6H2,1-2H3,(H,17,18). The Kier molecular flexibility index (Phi) is 4.04. The number of hydrogen-bond donors (Lipinski definition) is 1. The van der Waals surface area contributed by atoms with E-state index in [1.165, 1.54) is 31.3 Å². The minimum atomic E-state index is -0.889. The van der Waals surface area contributed by atoms with E-state index in [1.807, 2.05) is 0 Å². The molecule has 0 radical (unpaired) electrons. The van der Waals surface area contributed by atoms with Crippen molar-refractivity contribution in [3.63, 3.8) is 0 Å². The predicted octanol–water partition coefficient (Wildman–Crippen LogP) is 1.51. The summed E-state index contributed by atoms with van der Waals surface area (Å²) in [5, 5.41) is 9.07. The van der Waals surface area contributed by atoms with E-state index in [1.54, 1.807) is 0 Å². The van der Waals surface area contributed by atoms with Crippen molar-refractivity contribution in [1.29, 1.82) is 0 Å². The Morgan fingerprint density at radius 3 is 2.45 bits per heavy atom. The number of benzene rings is 1. The molecule has 1 amide bonds. The molecule has 0 spiro atoms. The third-order valence-electron chi connectivity index (χ3n) is 3.20. The SMILES string of the molecule is COc1cc(C(=O)N2CC(C(=O)O)C2)cc(Cl)c1OC. The number of ether oxygens (including phenoxy) is 2. The zero-order valence-electron chi connectivity index (χ0n) is 11.1. The molecule has 1 saturated heterocycles. The third-order valence-corrected chi connectivity index (χ3v) is 3.48. The molecular formula is C13H14ClNO5. The highest BCUT2D eigenvalue weighted by Crippen LogP contribution is 2.36. The van der Waals surface area contributed by atoms with Gasteiger partial charge in [-0.2, -0.15) is 0 Å². The van der Waals surface area contributed by atoms with E-state index in [4.69, 9.17) is 26.2 Å². The number of halogens is 1. The summed E-state index contributed by atoms with van der Waals surface area (Å²) in [6.45, 7) is 0.417. The Hall–Kier alpha value is -1.95. The largest absolute Gasteiger partial charge is 0.493 e. The van der Waals surface area contributed by atoms with E-state index in [0.717, 1.165) is 0 Å². The number of carboxylic acids is 1. The number of carbonyl (C=O) groups excluding carboxylic acids is 1. The molecule has 1 heterocycles. The van der Waals surface area contributed by atoms with Crippen molar-refractivity contribution in [3.8, 4) is 11.5 Å². The van der Waals surface area contributed by atoms with Crippen LogP contribution >= 0.6 is 11.6 Å². The van der Waals surface area contributed by atoms with Crippen LogP contribution in [-0.4, -0.2) is 49.2 Å². The first-order valence-corrected chi connectivity index (χ1v) is 6.29. The second-order valence-electron chi connectivity index (χ2n) is 4.44. The number of methoxy groups -OCH3 is 2. The lowest BCUT2D eigenvalue weighted by Gasteiger charge is -2.36. The minimum absolute atomic E-state index is 0.208. The minimum Gasteiger partial charge on any atom is -0.493 e. The molecule has 7 heteroatoms. The average molecular weight is 300 g/mol. The second kappa shape index (κ2) is 5.58. The number of nitrogens with zero attached hydrogens (tertiary/aromatic N) is 1. The zero-order valence-corrected chi connectivity index (χ0v) is 11.8. The predicted molar refractivity (Wildman–Crippen MR) is 71.6 cm³/mol. The molecular weight excluding hydrogens is 286 g/mol. The molecule has 20 heavy (non-hydrogen) atoms. The van der Waals surface area contributed by atoms with Gasteiger partial charge in [0.15, 0.2) is 11.5 Å². The van der Waals surface area contributed by atoms with Gasteiger partial charge < -0.3 is 19.5 Å². The molecule has 1 fully saturated rings. The summed E-state index contributed by atoms with van der Waals surface area (Å²) in [5.41, 5.74) is 0.344. The molecule has 0 saturated carbocycles. The van der Waals surface area contributed by atoms with E-state index < -0.39 is 11.9 Å². The topological polar surface area (TPSA) is 76.1 Å². The van der Waals surface area contributed by atoms with E-state index in [-0.39, 0.29) is 24.0 Å². The van der Waals surface area contributed by atoms with Crippen LogP contribution in [0.15, 0.2) is 12.1 Å². The van der Waals surface area contributed by atoms with Gasteiger partial charge in [0.05, 0.1) is 25.2 Å². The molecule has 2 rings (SSSR count). The number of rotatable bonds is 4. The molecule has 1 N–H and O–H groups in total.